The van der Waals surface area contributed by atoms with E-state index in [-0.39, 0.29) is 46.7 Å². The first-order valence-electron chi connectivity index (χ1n) is 11.9. The molecule has 0 unspecified atom stereocenters. The minimum Gasteiger partial charge on any atom is -0.507 e. The molecule has 4 N–H and O–H groups in total. The molecule has 194 valence electrons. The SMILES string of the molecule is Cc1ncc(Oc2cccc(O)c2C=O)nc1C(=O)Nc1cc([C@H]2CC[C@@H](OC(=O)NC(C)C)C2)[nH]n1. The molecule has 0 saturated heterocycles. The van der Waals surface area contributed by atoms with Gasteiger partial charge in [-0.1, -0.05) is 6.07 Å². The molecule has 12 heteroatoms. The molecule has 4 rings (SSSR count). The predicted molar refractivity (Wildman–Crippen MR) is 132 cm³/mol. The van der Waals surface area contributed by atoms with Crippen molar-refractivity contribution in [3.63, 3.8) is 0 Å². The van der Waals surface area contributed by atoms with E-state index >= 15 is 0 Å². The fraction of sp³-hybridized carbons (Fsp3) is 0.360. The maximum Gasteiger partial charge on any atom is 0.407 e. The number of carbonyl (C=O) groups excluding carboxylic acids is 3. The van der Waals surface area contributed by atoms with Crippen LogP contribution in [0.25, 0.3) is 0 Å². The van der Waals surface area contributed by atoms with E-state index in [9.17, 15) is 19.5 Å². The van der Waals surface area contributed by atoms with Gasteiger partial charge in [-0.2, -0.15) is 5.10 Å². The van der Waals surface area contributed by atoms with E-state index in [1.54, 1.807) is 13.0 Å². The van der Waals surface area contributed by atoms with E-state index < -0.39 is 12.0 Å². The number of nitrogens with zero attached hydrogens (tertiary/aromatic N) is 3. The molecule has 37 heavy (non-hydrogen) atoms. The number of phenols is 1. The van der Waals surface area contributed by atoms with Crippen molar-refractivity contribution < 1.29 is 29.0 Å². The maximum absolute atomic E-state index is 12.9. The molecule has 2 atom stereocenters. The number of aromatic nitrogens is 4. The van der Waals surface area contributed by atoms with E-state index in [4.69, 9.17) is 9.47 Å². The molecule has 2 aromatic heterocycles. The summed E-state index contributed by atoms with van der Waals surface area (Å²) >= 11 is 0. The second-order valence-corrected chi connectivity index (χ2v) is 9.05. The number of anilines is 1. The van der Waals surface area contributed by atoms with Crippen molar-refractivity contribution >= 4 is 24.1 Å². The minimum absolute atomic E-state index is 0.00427. The normalized spacial score (nSPS) is 16.9. The van der Waals surface area contributed by atoms with Gasteiger partial charge in [-0.05, 0) is 52.2 Å². The number of aromatic hydroxyl groups is 1. The van der Waals surface area contributed by atoms with Gasteiger partial charge in [-0.3, -0.25) is 19.7 Å². The van der Waals surface area contributed by atoms with Crippen molar-refractivity contribution in [2.24, 2.45) is 0 Å². The molecule has 3 aromatic rings. The number of aryl methyl sites for hydroxylation is 1. The number of phenolic OH excluding ortho intramolecular Hbond substituents is 1. The molecule has 0 bridgehead atoms. The third-order valence-electron chi connectivity index (χ3n) is 5.87. The van der Waals surface area contributed by atoms with Crippen molar-refractivity contribution in [1.29, 1.82) is 0 Å². The second-order valence-electron chi connectivity index (χ2n) is 9.05. The van der Waals surface area contributed by atoms with Crippen LogP contribution in [0.15, 0.2) is 30.5 Å². The predicted octanol–water partition coefficient (Wildman–Crippen LogP) is 3.84. The van der Waals surface area contributed by atoms with E-state index in [1.807, 2.05) is 13.8 Å². The number of aromatic amines is 1. The Bertz CT molecular complexity index is 1310. The maximum atomic E-state index is 12.9. The van der Waals surface area contributed by atoms with Crippen LogP contribution in [0, 0.1) is 6.92 Å². The zero-order valence-corrected chi connectivity index (χ0v) is 20.6. The molecule has 0 aliphatic heterocycles. The number of alkyl carbamates (subject to hydrolysis) is 1. The summed E-state index contributed by atoms with van der Waals surface area (Å²) in [5.41, 5.74) is 1.17. The number of amides is 2. The van der Waals surface area contributed by atoms with Crippen LogP contribution < -0.4 is 15.4 Å². The first-order chi connectivity index (χ1) is 17.7. The van der Waals surface area contributed by atoms with Crippen molar-refractivity contribution in [2.45, 2.75) is 58.1 Å². The van der Waals surface area contributed by atoms with E-state index in [2.05, 4.69) is 30.8 Å². The van der Waals surface area contributed by atoms with Crippen LogP contribution in [0.2, 0.25) is 0 Å². The Labute approximate surface area is 212 Å². The van der Waals surface area contributed by atoms with Crippen LogP contribution in [0.4, 0.5) is 10.6 Å². The molecule has 2 amide bonds. The summed E-state index contributed by atoms with van der Waals surface area (Å²) < 4.78 is 11.1. The van der Waals surface area contributed by atoms with Gasteiger partial charge in [0.15, 0.2) is 17.8 Å². The van der Waals surface area contributed by atoms with Crippen molar-refractivity contribution in [2.75, 3.05) is 5.32 Å². The van der Waals surface area contributed by atoms with Crippen molar-refractivity contribution in [3.8, 4) is 17.4 Å². The number of hydrogen-bond acceptors (Lipinski definition) is 9. The monoisotopic (exact) mass is 508 g/mol. The lowest BCUT2D eigenvalue weighted by molar-refractivity contribution is 0.0979. The number of H-pyrrole nitrogens is 1. The molecule has 1 aliphatic rings. The minimum atomic E-state index is -0.544. The molecule has 12 nitrogen and oxygen atoms in total. The molecule has 1 aliphatic carbocycles. The molecule has 2 heterocycles. The highest BCUT2D eigenvalue weighted by molar-refractivity contribution is 6.03. The summed E-state index contributed by atoms with van der Waals surface area (Å²) in [7, 11) is 0. The van der Waals surface area contributed by atoms with Gasteiger partial charge in [0.1, 0.15) is 17.6 Å². The Morgan fingerprint density at radius 1 is 1.27 bits per heavy atom. The number of carbonyl (C=O) groups is 3. The Morgan fingerprint density at radius 3 is 2.84 bits per heavy atom. The molecule has 1 fully saturated rings. The Hall–Kier alpha value is -4.48. The summed E-state index contributed by atoms with van der Waals surface area (Å²) in [6.07, 6.45) is 3.39. The average Bonchev–Trinajstić information content (AvgIpc) is 3.49. The number of aldehydes is 1. The first-order valence-corrected chi connectivity index (χ1v) is 11.9. The van der Waals surface area contributed by atoms with Crippen LogP contribution in [0.1, 0.15) is 71.3 Å². The van der Waals surface area contributed by atoms with Gasteiger partial charge in [-0.15, -0.1) is 0 Å². The molecular weight excluding hydrogens is 480 g/mol. The van der Waals surface area contributed by atoms with Gasteiger partial charge in [0.25, 0.3) is 5.91 Å². The molecule has 1 saturated carbocycles. The quantitative estimate of drug-likeness (QED) is 0.330. The third-order valence-corrected chi connectivity index (χ3v) is 5.87. The topological polar surface area (TPSA) is 168 Å². The van der Waals surface area contributed by atoms with Gasteiger partial charge in [-0.25, -0.2) is 9.78 Å². The lowest BCUT2D eigenvalue weighted by Crippen LogP contribution is -2.33. The van der Waals surface area contributed by atoms with Gasteiger partial charge in [0.05, 0.1) is 17.5 Å². The number of ether oxygens (including phenoxy) is 2. The Morgan fingerprint density at radius 2 is 2.08 bits per heavy atom. The van der Waals surface area contributed by atoms with Gasteiger partial charge >= 0.3 is 6.09 Å². The highest BCUT2D eigenvalue weighted by Gasteiger charge is 2.30. The Balaban J connectivity index is 1.40. The number of hydrogen-bond donors (Lipinski definition) is 4. The molecule has 1 aromatic carbocycles. The average molecular weight is 509 g/mol. The van der Waals surface area contributed by atoms with Crippen LogP contribution in [0.5, 0.6) is 17.4 Å². The first kappa shape index (κ1) is 25.6. The van der Waals surface area contributed by atoms with Crippen LogP contribution in [0.3, 0.4) is 0 Å². The summed E-state index contributed by atoms with van der Waals surface area (Å²) in [5, 5.41) is 22.4. The van der Waals surface area contributed by atoms with E-state index in [0.717, 1.165) is 18.5 Å². The number of rotatable bonds is 8. The fourth-order valence-electron chi connectivity index (χ4n) is 4.09. The van der Waals surface area contributed by atoms with Gasteiger partial charge in [0.2, 0.25) is 5.88 Å². The summed E-state index contributed by atoms with van der Waals surface area (Å²) in [6, 6.07) is 6.11. The third kappa shape index (κ3) is 6.21. The fourth-order valence-corrected chi connectivity index (χ4v) is 4.09. The molecular formula is C25H28N6O6. The largest absolute Gasteiger partial charge is 0.507 e. The number of benzene rings is 1. The number of nitrogens with one attached hydrogen (secondary N) is 3. The van der Waals surface area contributed by atoms with Crippen molar-refractivity contribution in [3.05, 3.63) is 53.1 Å². The Kier molecular flexibility index (Phi) is 7.66. The van der Waals surface area contributed by atoms with Crippen LogP contribution in [-0.4, -0.2) is 55.7 Å². The van der Waals surface area contributed by atoms with Crippen LogP contribution in [-0.2, 0) is 4.74 Å². The lowest BCUT2D eigenvalue weighted by Gasteiger charge is -2.14. The van der Waals surface area contributed by atoms with E-state index in [0.29, 0.717) is 24.2 Å². The lowest BCUT2D eigenvalue weighted by atomic mass is 10.0. The van der Waals surface area contributed by atoms with E-state index in [1.165, 1.54) is 24.4 Å². The van der Waals surface area contributed by atoms with Gasteiger partial charge < -0.3 is 25.2 Å². The summed E-state index contributed by atoms with van der Waals surface area (Å²) in [4.78, 5) is 44.5. The summed E-state index contributed by atoms with van der Waals surface area (Å²) in [6.45, 7) is 5.36. The second kappa shape index (κ2) is 11.1. The van der Waals surface area contributed by atoms with Gasteiger partial charge in [0, 0.05) is 23.7 Å². The highest BCUT2D eigenvalue weighted by Crippen LogP contribution is 2.36. The van der Waals surface area contributed by atoms with Crippen LogP contribution >= 0.6 is 0 Å². The highest BCUT2D eigenvalue weighted by atomic mass is 16.6. The zero-order chi connectivity index (χ0) is 26.5. The smallest absolute Gasteiger partial charge is 0.407 e. The standard InChI is InChI=1S/C25H28N6O6/c1-13(2)27-25(35)36-16-8-7-15(9-16)18-10-21(31-30-18)28-24(34)23-14(3)26-11-22(29-23)37-20-6-4-5-19(33)17(20)12-32/h4-6,10-13,15-16,33H,7-9H2,1-3H3,(H,27,35)(H2,28,30,31,34)/t15-,16+/m0/s1. The summed E-state index contributed by atoms with van der Waals surface area (Å²) in [5.74, 6) is -0.298. The zero-order valence-electron chi connectivity index (χ0n) is 20.6. The molecule has 0 radical (unpaired) electrons. The molecule has 0 spiro atoms. The van der Waals surface area contributed by atoms with Crippen molar-refractivity contribution in [1.82, 2.24) is 25.5 Å².